The number of halogens is 5. The van der Waals surface area contributed by atoms with E-state index in [1.807, 2.05) is 0 Å². The van der Waals surface area contributed by atoms with Crippen molar-refractivity contribution < 1.29 is 13.2 Å². The van der Waals surface area contributed by atoms with E-state index in [2.05, 4.69) is 15.0 Å². The molecule has 0 saturated heterocycles. The van der Waals surface area contributed by atoms with Crippen LogP contribution in [-0.2, 0) is 6.18 Å². The molecule has 0 unspecified atom stereocenters. The minimum absolute atomic E-state index is 0.00824. The molecular weight excluding hydrogens is 290 g/mol. The summed E-state index contributed by atoms with van der Waals surface area (Å²) in [5.41, 5.74) is -0.812. The number of hydrogen-bond acceptors (Lipinski definition) is 3. The molecule has 0 aromatic carbocycles. The molecule has 2 aromatic heterocycles. The lowest BCUT2D eigenvalue weighted by molar-refractivity contribution is -0.137. The summed E-state index contributed by atoms with van der Waals surface area (Å²) in [7, 11) is 0. The van der Waals surface area contributed by atoms with Crippen molar-refractivity contribution in [3.8, 4) is 11.4 Å². The molecule has 0 aliphatic heterocycles. The molecule has 0 fully saturated rings. The molecule has 8 heteroatoms. The molecule has 18 heavy (non-hydrogen) atoms. The van der Waals surface area contributed by atoms with Gasteiger partial charge in [0.15, 0.2) is 5.82 Å². The Morgan fingerprint density at radius 3 is 2.11 bits per heavy atom. The lowest BCUT2D eigenvalue weighted by Gasteiger charge is -2.10. The van der Waals surface area contributed by atoms with Gasteiger partial charge >= 0.3 is 6.18 Å². The minimum atomic E-state index is -4.69. The number of rotatable bonds is 1. The van der Waals surface area contributed by atoms with E-state index < -0.39 is 22.0 Å². The van der Waals surface area contributed by atoms with Gasteiger partial charge in [0.25, 0.3) is 0 Å². The van der Waals surface area contributed by atoms with Crippen LogP contribution in [0.25, 0.3) is 11.4 Å². The standard InChI is InChI=1S/C10H4Cl2F3N3/c11-7-6(10(13,14)15)8(12)18-9(17-7)5-2-1-3-16-4-5/h1-4H. The van der Waals surface area contributed by atoms with Gasteiger partial charge < -0.3 is 0 Å². The van der Waals surface area contributed by atoms with Crippen molar-refractivity contribution in [3.05, 3.63) is 40.4 Å². The fraction of sp³-hybridized carbons (Fsp3) is 0.100. The molecular formula is C10H4Cl2F3N3. The van der Waals surface area contributed by atoms with Gasteiger partial charge in [-0.15, -0.1) is 0 Å². The molecule has 0 radical (unpaired) electrons. The summed E-state index contributed by atoms with van der Waals surface area (Å²) >= 11 is 11.0. The van der Waals surface area contributed by atoms with Crippen molar-refractivity contribution in [2.75, 3.05) is 0 Å². The van der Waals surface area contributed by atoms with Crippen molar-refractivity contribution >= 4 is 23.2 Å². The highest BCUT2D eigenvalue weighted by atomic mass is 35.5. The molecule has 2 rings (SSSR count). The Bertz CT molecular complexity index is 549. The first kappa shape index (κ1) is 13.0. The van der Waals surface area contributed by atoms with Crippen LogP contribution in [0.2, 0.25) is 10.3 Å². The number of aromatic nitrogens is 3. The second kappa shape index (κ2) is 4.70. The predicted octanol–water partition coefficient (Wildman–Crippen LogP) is 3.86. The Balaban J connectivity index is 2.57. The summed E-state index contributed by atoms with van der Waals surface area (Å²) in [4.78, 5) is 11.0. The van der Waals surface area contributed by atoms with E-state index in [4.69, 9.17) is 23.2 Å². The molecule has 0 bridgehead atoms. The van der Waals surface area contributed by atoms with Crippen molar-refractivity contribution in [3.63, 3.8) is 0 Å². The highest BCUT2D eigenvalue weighted by molar-refractivity contribution is 6.34. The van der Waals surface area contributed by atoms with Gasteiger partial charge in [-0.2, -0.15) is 13.2 Å². The molecule has 0 saturated carbocycles. The molecule has 0 atom stereocenters. The van der Waals surface area contributed by atoms with E-state index in [1.165, 1.54) is 12.4 Å². The molecule has 2 heterocycles. The Morgan fingerprint density at radius 2 is 1.67 bits per heavy atom. The number of pyridine rings is 1. The largest absolute Gasteiger partial charge is 0.422 e. The van der Waals surface area contributed by atoms with Crippen LogP contribution in [0.5, 0.6) is 0 Å². The third kappa shape index (κ3) is 2.54. The summed E-state index contributed by atoms with van der Waals surface area (Å²) in [6, 6.07) is 3.18. The van der Waals surface area contributed by atoms with Crippen LogP contribution in [0, 0.1) is 0 Å². The Hall–Kier alpha value is -1.40. The monoisotopic (exact) mass is 293 g/mol. The quantitative estimate of drug-likeness (QED) is 0.749. The van der Waals surface area contributed by atoms with Crippen LogP contribution in [-0.4, -0.2) is 15.0 Å². The Kier molecular flexibility index (Phi) is 3.41. The van der Waals surface area contributed by atoms with Gasteiger partial charge in [-0.3, -0.25) is 4.98 Å². The van der Waals surface area contributed by atoms with E-state index >= 15 is 0 Å². The first-order valence-electron chi connectivity index (χ1n) is 4.60. The van der Waals surface area contributed by atoms with Crippen molar-refractivity contribution in [2.45, 2.75) is 6.18 Å². The van der Waals surface area contributed by atoms with Gasteiger partial charge in [-0.25, -0.2) is 9.97 Å². The van der Waals surface area contributed by atoms with Crippen molar-refractivity contribution in [2.24, 2.45) is 0 Å². The highest BCUT2D eigenvalue weighted by Gasteiger charge is 2.38. The van der Waals surface area contributed by atoms with E-state index in [1.54, 1.807) is 12.1 Å². The maximum Gasteiger partial charge on any atom is 0.422 e. The van der Waals surface area contributed by atoms with E-state index in [0.717, 1.165) is 0 Å². The molecule has 0 amide bonds. The third-order valence-electron chi connectivity index (χ3n) is 2.02. The lowest BCUT2D eigenvalue weighted by Crippen LogP contribution is -2.10. The summed E-state index contributed by atoms with van der Waals surface area (Å²) in [5.74, 6) is -0.00824. The Labute approximate surface area is 110 Å². The zero-order chi connectivity index (χ0) is 13.3. The van der Waals surface area contributed by atoms with Gasteiger partial charge in [0, 0.05) is 18.0 Å². The Morgan fingerprint density at radius 1 is 1.06 bits per heavy atom. The zero-order valence-electron chi connectivity index (χ0n) is 8.54. The number of nitrogens with zero attached hydrogens (tertiary/aromatic N) is 3. The molecule has 0 aliphatic carbocycles. The van der Waals surface area contributed by atoms with Crippen LogP contribution < -0.4 is 0 Å². The summed E-state index contributed by atoms with van der Waals surface area (Å²) in [6.45, 7) is 0. The molecule has 0 spiro atoms. The van der Waals surface area contributed by atoms with Crippen LogP contribution in [0.3, 0.4) is 0 Å². The molecule has 0 N–H and O–H groups in total. The highest BCUT2D eigenvalue weighted by Crippen LogP contribution is 2.38. The normalized spacial score (nSPS) is 11.6. The van der Waals surface area contributed by atoms with Crippen LogP contribution in [0.4, 0.5) is 13.2 Å². The van der Waals surface area contributed by atoms with Crippen LogP contribution in [0.15, 0.2) is 24.5 Å². The van der Waals surface area contributed by atoms with Crippen molar-refractivity contribution in [1.82, 2.24) is 15.0 Å². The van der Waals surface area contributed by atoms with Crippen LogP contribution >= 0.6 is 23.2 Å². The lowest BCUT2D eigenvalue weighted by atomic mass is 10.2. The number of hydrogen-bond donors (Lipinski definition) is 0. The zero-order valence-corrected chi connectivity index (χ0v) is 10.1. The maximum absolute atomic E-state index is 12.6. The summed E-state index contributed by atoms with van der Waals surface area (Å²) in [5, 5.41) is -1.47. The fourth-order valence-electron chi connectivity index (χ4n) is 1.27. The molecule has 2 aromatic rings. The second-order valence-electron chi connectivity index (χ2n) is 3.24. The summed E-state index contributed by atoms with van der Waals surface area (Å²) in [6.07, 6.45) is -1.78. The average Bonchev–Trinajstić information content (AvgIpc) is 2.27. The third-order valence-corrected chi connectivity index (χ3v) is 2.57. The maximum atomic E-state index is 12.6. The van der Waals surface area contributed by atoms with Gasteiger partial charge in [-0.05, 0) is 12.1 Å². The first-order chi connectivity index (χ1) is 8.39. The average molecular weight is 294 g/mol. The number of alkyl halides is 3. The van der Waals surface area contributed by atoms with Crippen molar-refractivity contribution in [1.29, 1.82) is 0 Å². The van der Waals surface area contributed by atoms with Gasteiger partial charge in [-0.1, -0.05) is 23.2 Å². The predicted molar refractivity (Wildman–Crippen MR) is 60.3 cm³/mol. The second-order valence-corrected chi connectivity index (χ2v) is 3.96. The SMILES string of the molecule is FC(F)(F)c1c(Cl)nc(-c2cccnc2)nc1Cl. The smallest absolute Gasteiger partial charge is 0.264 e. The molecule has 94 valence electrons. The van der Waals surface area contributed by atoms with Gasteiger partial charge in [0.05, 0.1) is 0 Å². The molecule has 0 aliphatic rings. The van der Waals surface area contributed by atoms with Gasteiger partial charge in [0.1, 0.15) is 15.9 Å². The summed E-state index contributed by atoms with van der Waals surface area (Å²) < 4.78 is 37.7. The molecule has 3 nitrogen and oxygen atoms in total. The van der Waals surface area contributed by atoms with Crippen LogP contribution in [0.1, 0.15) is 5.56 Å². The van der Waals surface area contributed by atoms with Gasteiger partial charge in [0.2, 0.25) is 0 Å². The first-order valence-corrected chi connectivity index (χ1v) is 5.36. The van der Waals surface area contributed by atoms with E-state index in [9.17, 15) is 13.2 Å². The van der Waals surface area contributed by atoms with E-state index in [0.29, 0.717) is 5.56 Å². The fourth-order valence-corrected chi connectivity index (χ4v) is 1.87. The minimum Gasteiger partial charge on any atom is -0.264 e. The van der Waals surface area contributed by atoms with E-state index in [-0.39, 0.29) is 5.82 Å². The topological polar surface area (TPSA) is 38.7 Å².